The average molecular weight is 513 g/mol. The first-order chi connectivity index (χ1) is 10.7. The Morgan fingerprint density at radius 3 is 2.00 bits per heavy atom. The van der Waals surface area contributed by atoms with Crippen molar-refractivity contribution in [1.29, 1.82) is 0 Å². The molecule has 1 aromatic carbocycles. The van der Waals surface area contributed by atoms with Gasteiger partial charge in [-0.05, 0) is 66.0 Å². The van der Waals surface area contributed by atoms with E-state index in [-0.39, 0.29) is 15.6 Å². The molecule has 0 heterocycles. The Morgan fingerprint density at radius 1 is 1.13 bits per heavy atom. The molecule has 0 aliphatic heterocycles. The van der Waals surface area contributed by atoms with E-state index in [0.717, 1.165) is 17.1 Å². The molecule has 2 atom stereocenters. The summed E-state index contributed by atoms with van der Waals surface area (Å²) in [5.74, 6) is -1.52. The van der Waals surface area contributed by atoms with Crippen LogP contribution in [-0.4, -0.2) is 39.4 Å². The highest BCUT2D eigenvalue weighted by Gasteiger charge is 2.30. The molecular formula is C14H13Br3N2O4. The van der Waals surface area contributed by atoms with E-state index >= 15 is 0 Å². The number of amides is 2. The quantitative estimate of drug-likeness (QED) is 0.309. The predicted molar refractivity (Wildman–Crippen MR) is 96.6 cm³/mol. The lowest BCUT2D eigenvalue weighted by atomic mass is 10.1. The lowest BCUT2D eigenvalue weighted by molar-refractivity contribution is -0.0365. The van der Waals surface area contributed by atoms with Crippen molar-refractivity contribution in [3.63, 3.8) is 0 Å². The van der Waals surface area contributed by atoms with Gasteiger partial charge < -0.3 is 15.9 Å². The monoisotopic (exact) mass is 510 g/mol. The van der Waals surface area contributed by atoms with Crippen molar-refractivity contribution in [3.8, 4) is 0 Å². The van der Waals surface area contributed by atoms with E-state index in [1.165, 1.54) is 6.07 Å². The molecule has 1 rings (SSSR count). The summed E-state index contributed by atoms with van der Waals surface area (Å²) in [5, 5.41) is 19.8. The van der Waals surface area contributed by atoms with Crippen LogP contribution in [0.25, 0.3) is 0 Å². The van der Waals surface area contributed by atoms with E-state index in [0.29, 0.717) is 8.95 Å². The highest BCUT2D eigenvalue weighted by Crippen LogP contribution is 2.36. The Kier molecular flexibility index (Phi) is 7.15. The minimum Gasteiger partial charge on any atom is -0.370 e. The number of hydrogen-bond donors (Lipinski definition) is 3. The molecule has 23 heavy (non-hydrogen) atoms. The molecule has 0 radical (unpaired) electrons. The lowest BCUT2D eigenvalue weighted by Gasteiger charge is -2.29. The van der Waals surface area contributed by atoms with Gasteiger partial charge in [0.2, 0.25) is 0 Å². The second kappa shape index (κ2) is 8.20. The van der Waals surface area contributed by atoms with Gasteiger partial charge in [-0.3, -0.25) is 14.5 Å². The fourth-order valence-corrected chi connectivity index (χ4v) is 3.62. The normalized spacial score (nSPS) is 13.1. The second-order valence-electron chi connectivity index (χ2n) is 4.28. The van der Waals surface area contributed by atoms with Crippen molar-refractivity contribution >= 4 is 59.6 Å². The van der Waals surface area contributed by atoms with E-state index in [9.17, 15) is 19.8 Å². The maximum atomic E-state index is 12.7. The number of rotatable bonds is 6. The molecule has 0 aliphatic rings. The minimum atomic E-state index is -1.46. The number of benzene rings is 1. The molecule has 0 saturated heterocycles. The summed E-state index contributed by atoms with van der Waals surface area (Å²) in [5.41, 5.74) is 5.38. The van der Waals surface area contributed by atoms with Gasteiger partial charge in [0.25, 0.3) is 11.8 Å². The number of primary amides is 1. The molecule has 0 spiro atoms. The third kappa shape index (κ3) is 4.10. The molecule has 1 aromatic rings. The van der Waals surface area contributed by atoms with Crippen molar-refractivity contribution in [2.45, 2.75) is 12.5 Å². The zero-order valence-electron chi connectivity index (χ0n) is 11.7. The molecule has 6 nitrogen and oxygen atoms in total. The van der Waals surface area contributed by atoms with Crippen LogP contribution in [0.3, 0.4) is 0 Å². The molecule has 9 heteroatoms. The summed E-state index contributed by atoms with van der Waals surface area (Å²) < 4.78 is 0.898. The van der Waals surface area contributed by atoms with Crippen LogP contribution in [0.5, 0.6) is 0 Å². The summed E-state index contributed by atoms with van der Waals surface area (Å²) in [6, 6.07) is 1.42. The van der Waals surface area contributed by atoms with Crippen molar-refractivity contribution in [2.24, 2.45) is 5.73 Å². The van der Waals surface area contributed by atoms with Gasteiger partial charge in [-0.2, -0.15) is 0 Å². The van der Waals surface area contributed by atoms with Gasteiger partial charge in [0.05, 0.1) is 11.1 Å². The Hall–Kier alpha value is -1.00. The van der Waals surface area contributed by atoms with Crippen molar-refractivity contribution in [1.82, 2.24) is 4.90 Å². The highest BCUT2D eigenvalue weighted by molar-refractivity contribution is 9.13. The van der Waals surface area contributed by atoms with E-state index in [4.69, 9.17) is 5.73 Å². The zero-order chi connectivity index (χ0) is 17.9. The highest BCUT2D eigenvalue weighted by atomic mass is 79.9. The van der Waals surface area contributed by atoms with Gasteiger partial charge in [-0.15, -0.1) is 0 Å². The second-order valence-corrected chi connectivity index (χ2v) is 6.72. The Morgan fingerprint density at radius 2 is 1.61 bits per heavy atom. The first-order valence-corrected chi connectivity index (χ1v) is 8.46. The summed E-state index contributed by atoms with van der Waals surface area (Å²) in [6.45, 7) is 6.76. The van der Waals surface area contributed by atoms with Gasteiger partial charge in [0, 0.05) is 13.4 Å². The molecule has 0 bridgehead atoms. The molecule has 2 amide bonds. The molecule has 0 aromatic heterocycles. The number of hydrogen-bond acceptors (Lipinski definition) is 4. The van der Waals surface area contributed by atoms with Crippen LogP contribution >= 0.6 is 47.8 Å². The average Bonchev–Trinajstić information content (AvgIpc) is 2.50. The number of carbonyl (C=O) groups excluding carboxylic acids is 2. The summed E-state index contributed by atoms with van der Waals surface area (Å²) in [6.07, 6.45) is -0.772. The van der Waals surface area contributed by atoms with Crippen LogP contribution in [0.2, 0.25) is 0 Å². The minimum absolute atomic E-state index is 0.00988. The van der Waals surface area contributed by atoms with Crippen LogP contribution in [-0.2, 0) is 0 Å². The Balaban J connectivity index is 3.55. The fraction of sp³-hybridized carbons (Fsp3) is 0.143. The summed E-state index contributed by atoms with van der Waals surface area (Å²) in [4.78, 5) is 25.0. The van der Waals surface area contributed by atoms with Crippen LogP contribution < -0.4 is 5.73 Å². The van der Waals surface area contributed by atoms with Crippen LogP contribution in [0.1, 0.15) is 20.7 Å². The van der Waals surface area contributed by atoms with Gasteiger partial charge >= 0.3 is 0 Å². The fourth-order valence-electron chi connectivity index (χ4n) is 1.74. The third-order valence-corrected chi connectivity index (χ3v) is 5.66. The number of nitrogens with zero attached hydrogens (tertiary/aromatic N) is 1. The molecule has 4 N–H and O–H groups in total. The van der Waals surface area contributed by atoms with E-state index in [1.54, 1.807) is 0 Å². The maximum absolute atomic E-state index is 12.7. The van der Waals surface area contributed by atoms with Gasteiger partial charge in [0.15, 0.2) is 12.5 Å². The van der Waals surface area contributed by atoms with Gasteiger partial charge in [-0.1, -0.05) is 13.2 Å². The van der Waals surface area contributed by atoms with Gasteiger partial charge in [-0.25, -0.2) is 0 Å². The molecule has 0 aliphatic carbocycles. The Bertz CT molecular complexity index is 664. The summed E-state index contributed by atoms with van der Waals surface area (Å²) in [7, 11) is 0. The number of nitrogens with two attached hydrogens (primary N) is 1. The number of carbonyl (C=O) groups is 2. The van der Waals surface area contributed by atoms with E-state index < -0.39 is 24.3 Å². The van der Waals surface area contributed by atoms with Crippen LogP contribution in [0.15, 0.2) is 44.8 Å². The standard InChI is InChI=1S/C14H13Br3N2O4/c1-3-8(20)19(9(21)4-2)14(23)6-5-7(15)12(17)10(11(6)16)13(18)22/h3-5,8-9,20-21H,1-2H2,(H2,18,22). The van der Waals surface area contributed by atoms with Crippen LogP contribution in [0, 0.1) is 0 Å². The number of aliphatic hydroxyl groups is 2. The first-order valence-electron chi connectivity index (χ1n) is 6.08. The van der Waals surface area contributed by atoms with Crippen molar-refractivity contribution < 1.29 is 19.8 Å². The largest absolute Gasteiger partial charge is 0.370 e. The SMILES string of the molecule is C=CC(O)N(C(=O)c1cc(Br)c(Br)c(C(N)=O)c1Br)C(O)C=C. The van der Waals surface area contributed by atoms with E-state index in [1.807, 2.05) is 0 Å². The van der Waals surface area contributed by atoms with Gasteiger partial charge in [0.1, 0.15) is 0 Å². The zero-order valence-corrected chi connectivity index (χ0v) is 16.4. The van der Waals surface area contributed by atoms with Crippen LogP contribution in [0.4, 0.5) is 0 Å². The topological polar surface area (TPSA) is 104 Å². The molecule has 0 fully saturated rings. The molecule has 2 unspecified atom stereocenters. The van der Waals surface area contributed by atoms with Crippen molar-refractivity contribution in [2.75, 3.05) is 0 Å². The Labute approximate surface area is 158 Å². The van der Waals surface area contributed by atoms with Crippen molar-refractivity contribution in [3.05, 3.63) is 55.9 Å². The smallest absolute Gasteiger partial charge is 0.259 e. The molecule has 0 saturated carbocycles. The number of aliphatic hydroxyl groups excluding tert-OH is 2. The summed E-state index contributed by atoms with van der Waals surface area (Å²) >= 11 is 9.58. The third-order valence-electron chi connectivity index (χ3n) is 2.86. The predicted octanol–water partition coefficient (Wildman–Crippen LogP) is 2.52. The molecular weight excluding hydrogens is 500 g/mol. The maximum Gasteiger partial charge on any atom is 0.259 e. The number of halogens is 3. The molecule has 124 valence electrons. The first kappa shape index (κ1) is 20.0. The van der Waals surface area contributed by atoms with E-state index in [2.05, 4.69) is 60.9 Å². The lowest BCUT2D eigenvalue weighted by Crippen LogP contribution is -2.45.